The first-order valence-corrected chi connectivity index (χ1v) is 16.2. The number of nitrogens with zero attached hydrogens (tertiary/aromatic N) is 7. The van der Waals surface area contributed by atoms with Crippen molar-refractivity contribution < 1.29 is 37.0 Å². The second-order valence-electron chi connectivity index (χ2n) is 12.8. The molecule has 0 saturated heterocycles. The third-order valence-electron chi connectivity index (χ3n) is 8.03. The number of rotatable bonds is 11. The topological polar surface area (TPSA) is 134 Å². The Balaban J connectivity index is 1.80. The summed E-state index contributed by atoms with van der Waals surface area (Å²) in [7, 11) is 3.23. The van der Waals surface area contributed by atoms with Crippen LogP contribution in [0, 0.1) is 11.3 Å². The van der Waals surface area contributed by atoms with Crippen molar-refractivity contribution in [2.75, 3.05) is 42.0 Å². The lowest BCUT2D eigenvalue weighted by Crippen LogP contribution is -2.48. The average Bonchev–Trinajstić information content (AvgIpc) is 3.07. The molecule has 0 bridgehead atoms. The van der Waals surface area contributed by atoms with E-state index in [1.807, 2.05) is 13.0 Å². The Kier molecular flexibility index (Phi) is 11.8. The maximum absolute atomic E-state index is 13.9. The van der Waals surface area contributed by atoms with E-state index in [-0.39, 0.29) is 54.5 Å². The molecule has 50 heavy (non-hydrogen) atoms. The predicted molar refractivity (Wildman–Crippen MR) is 180 cm³/mol. The van der Waals surface area contributed by atoms with Gasteiger partial charge in [0, 0.05) is 32.2 Å². The number of aromatic nitrogens is 3. The third-order valence-corrected chi connectivity index (χ3v) is 8.03. The van der Waals surface area contributed by atoms with Gasteiger partial charge >= 0.3 is 18.2 Å². The van der Waals surface area contributed by atoms with Crippen LogP contribution in [0.5, 0.6) is 5.88 Å². The standard InChI is InChI=1S/C35H42F3N7O5/c1-8-25-17-28(31-27(10-11-29(42-31)48-7)45(25)33(47)49-9-2)44(21-23-14-22(18-39)15-24(16-23)35(36,37)38)32-40-19-26(20-41-32)43(6)13-12-30(46)50-34(3,4)5/h10-11,14-16,19-20,25,28H,8-9,12-13,17,21H2,1-7H3/t25-,28+/m1/s1. The zero-order valence-electron chi connectivity index (χ0n) is 29.2. The lowest BCUT2D eigenvalue weighted by molar-refractivity contribution is -0.154. The molecular weight excluding hydrogens is 655 g/mol. The fourth-order valence-corrected chi connectivity index (χ4v) is 5.72. The van der Waals surface area contributed by atoms with Crippen molar-refractivity contribution in [1.29, 1.82) is 5.26 Å². The zero-order chi connectivity index (χ0) is 36.8. The number of hydrogen-bond donors (Lipinski definition) is 0. The SMILES string of the molecule is CCOC(=O)N1c2ccc(OC)nc2[C@@H](N(Cc2cc(C#N)cc(C(F)(F)F)c2)c2ncc(N(C)CCC(=O)OC(C)(C)C)cn2)C[C@H]1CC. The van der Waals surface area contributed by atoms with E-state index in [1.165, 1.54) is 13.2 Å². The molecule has 2 atom stereocenters. The fraction of sp³-hybridized carbons (Fsp3) is 0.486. The van der Waals surface area contributed by atoms with E-state index in [9.17, 15) is 28.0 Å². The molecule has 15 heteroatoms. The van der Waals surface area contributed by atoms with Crippen molar-refractivity contribution in [3.8, 4) is 11.9 Å². The summed E-state index contributed by atoms with van der Waals surface area (Å²) in [6.45, 7) is 9.35. The lowest BCUT2D eigenvalue weighted by Gasteiger charge is -2.43. The number of fused-ring (bicyclic) bond motifs is 1. The van der Waals surface area contributed by atoms with E-state index in [0.717, 1.165) is 12.1 Å². The lowest BCUT2D eigenvalue weighted by atomic mass is 9.92. The number of hydrogen-bond acceptors (Lipinski definition) is 11. The Labute approximate surface area is 289 Å². The molecule has 0 N–H and O–H groups in total. The van der Waals surface area contributed by atoms with Gasteiger partial charge in [0.1, 0.15) is 5.60 Å². The molecule has 0 saturated carbocycles. The molecule has 3 heterocycles. The molecule has 0 radical (unpaired) electrons. The number of carbonyl (C=O) groups is 2. The van der Waals surface area contributed by atoms with E-state index in [1.54, 1.807) is 74.0 Å². The summed E-state index contributed by atoms with van der Waals surface area (Å²) in [6.07, 6.45) is -1.17. The molecule has 12 nitrogen and oxygen atoms in total. The molecule has 1 aromatic carbocycles. The van der Waals surface area contributed by atoms with Crippen molar-refractivity contribution in [3.63, 3.8) is 0 Å². The highest BCUT2D eigenvalue weighted by Crippen LogP contribution is 2.43. The number of esters is 1. The Bertz CT molecular complexity index is 1710. The molecule has 0 aliphatic carbocycles. The van der Waals surface area contributed by atoms with E-state index < -0.39 is 29.5 Å². The summed E-state index contributed by atoms with van der Waals surface area (Å²) < 4.78 is 58.0. The van der Waals surface area contributed by atoms with Crippen molar-refractivity contribution in [3.05, 3.63) is 65.1 Å². The number of carbonyl (C=O) groups excluding carboxylic acids is 2. The summed E-state index contributed by atoms with van der Waals surface area (Å²) in [5.74, 6) is 0.0820. The molecule has 2 aromatic heterocycles. The summed E-state index contributed by atoms with van der Waals surface area (Å²) in [6, 6.07) is 7.32. The van der Waals surface area contributed by atoms with Crippen molar-refractivity contribution in [2.24, 2.45) is 0 Å². The smallest absolute Gasteiger partial charge is 0.416 e. The maximum Gasteiger partial charge on any atom is 0.416 e. The van der Waals surface area contributed by atoms with Crippen LogP contribution < -0.4 is 19.4 Å². The summed E-state index contributed by atoms with van der Waals surface area (Å²) in [5.41, 5.74) is -0.0669. The number of alkyl halides is 3. The minimum absolute atomic E-state index is 0.125. The van der Waals surface area contributed by atoms with Gasteiger partial charge in [0.2, 0.25) is 11.8 Å². The van der Waals surface area contributed by atoms with Gasteiger partial charge in [-0.25, -0.2) is 19.7 Å². The van der Waals surface area contributed by atoms with Crippen molar-refractivity contribution in [2.45, 2.75) is 84.3 Å². The van der Waals surface area contributed by atoms with Gasteiger partial charge in [-0.3, -0.25) is 9.69 Å². The van der Waals surface area contributed by atoms with Gasteiger partial charge < -0.3 is 24.0 Å². The van der Waals surface area contributed by atoms with E-state index in [0.29, 0.717) is 36.5 Å². The number of methoxy groups -OCH3 is 1. The summed E-state index contributed by atoms with van der Waals surface area (Å²) in [4.78, 5) is 44.5. The molecule has 0 spiro atoms. The Morgan fingerprint density at radius 2 is 1.80 bits per heavy atom. The zero-order valence-corrected chi connectivity index (χ0v) is 29.2. The molecule has 3 aromatic rings. The Morgan fingerprint density at radius 3 is 2.38 bits per heavy atom. The second-order valence-corrected chi connectivity index (χ2v) is 12.8. The van der Waals surface area contributed by atoms with E-state index in [4.69, 9.17) is 19.2 Å². The Hall–Kier alpha value is -5.13. The first kappa shape index (κ1) is 37.7. The van der Waals surface area contributed by atoms with Gasteiger partial charge in [-0.05, 0) is 70.4 Å². The van der Waals surface area contributed by atoms with Gasteiger partial charge in [0.15, 0.2) is 0 Å². The first-order valence-electron chi connectivity index (χ1n) is 16.2. The van der Waals surface area contributed by atoms with Crippen LogP contribution in [-0.4, -0.2) is 66.0 Å². The van der Waals surface area contributed by atoms with Gasteiger partial charge in [-0.2, -0.15) is 18.4 Å². The fourth-order valence-electron chi connectivity index (χ4n) is 5.72. The van der Waals surface area contributed by atoms with Crippen LogP contribution in [0.2, 0.25) is 0 Å². The van der Waals surface area contributed by atoms with Crippen LogP contribution in [0.25, 0.3) is 0 Å². The molecule has 1 amide bonds. The molecule has 1 aliphatic rings. The number of benzene rings is 1. The molecule has 0 unspecified atom stereocenters. The van der Waals surface area contributed by atoms with Crippen LogP contribution in [0.3, 0.4) is 0 Å². The number of ether oxygens (including phenoxy) is 3. The van der Waals surface area contributed by atoms with E-state index in [2.05, 4.69) is 9.97 Å². The third kappa shape index (κ3) is 9.10. The minimum Gasteiger partial charge on any atom is -0.481 e. The van der Waals surface area contributed by atoms with E-state index >= 15 is 0 Å². The van der Waals surface area contributed by atoms with Crippen LogP contribution in [-0.2, 0) is 27.0 Å². The number of amides is 1. The molecule has 0 fully saturated rings. The van der Waals surface area contributed by atoms with Crippen molar-refractivity contribution >= 4 is 29.4 Å². The number of anilines is 3. The van der Waals surface area contributed by atoms with Gasteiger partial charge in [0.05, 0.1) is 72.8 Å². The largest absolute Gasteiger partial charge is 0.481 e. The molecular formula is C35H42F3N7O5. The second kappa shape index (κ2) is 15.6. The van der Waals surface area contributed by atoms with Crippen molar-refractivity contribution in [1.82, 2.24) is 15.0 Å². The van der Waals surface area contributed by atoms with Crippen LogP contribution in [0.4, 0.5) is 35.3 Å². The molecule has 1 aliphatic heterocycles. The number of pyridine rings is 1. The monoisotopic (exact) mass is 697 g/mol. The highest BCUT2D eigenvalue weighted by molar-refractivity contribution is 5.90. The minimum atomic E-state index is -4.69. The molecule has 4 rings (SSSR count). The van der Waals surface area contributed by atoms with Crippen LogP contribution >= 0.6 is 0 Å². The van der Waals surface area contributed by atoms with Gasteiger partial charge in [-0.15, -0.1) is 0 Å². The maximum atomic E-state index is 13.9. The normalized spacial score (nSPS) is 15.8. The summed E-state index contributed by atoms with van der Waals surface area (Å²) in [5, 5.41) is 9.58. The molecule has 268 valence electrons. The summed E-state index contributed by atoms with van der Waals surface area (Å²) >= 11 is 0. The predicted octanol–water partition coefficient (Wildman–Crippen LogP) is 6.83. The highest BCUT2D eigenvalue weighted by Gasteiger charge is 2.41. The number of halogens is 3. The number of nitriles is 1. The van der Waals surface area contributed by atoms with Crippen LogP contribution in [0.1, 0.15) is 82.3 Å². The Morgan fingerprint density at radius 1 is 1.10 bits per heavy atom. The van der Waals surface area contributed by atoms with Gasteiger partial charge in [-0.1, -0.05) is 6.92 Å². The quantitative estimate of drug-likeness (QED) is 0.195. The average molecular weight is 698 g/mol. The van der Waals surface area contributed by atoms with Crippen LogP contribution in [0.15, 0.2) is 42.7 Å². The highest BCUT2D eigenvalue weighted by atomic mass is 19.4. The van der Waals surface area contributed by atoms with Gasteiger partial charge in [0.25, 0.3) is 0 Å². The first-order chi connectivity index (χ1) is 23.6.